The van der Waals surface area contributed by atoms with Crippen LogP contribution in [0.1, 0.15) is 82.6 Å². The number of fused-ring (bicyclic) bond motifs is 1. The maximum atomic E-state index is 11.7. The zero-order valence-electron chi connectivity index (χ0n) is 19.0. The molecule has 0 aromatic heterocycles. The average molecular weight is 395 g/mol. The van der Waals surface area contributed by atoms with Gasteiger partial charge in [0.05, 0.1) is 18.1 Å². The Morgan fingerprint density at radius 3 is 2.07 bits per heavy atom. The third-order valence-corrected chi connectivity index (χ3v) is 6.93. The fourth-order valence-electron chi connectivity index (χ4n) is 4.66. The van der Waals surface area contributed by atoms with Gasteiger partial charge in [-0.2, -0.15) is 0 Å². The topological polar surface area (TPSA) is 51.0 Å². The molecule has 0 radical (unpaired) electrons. The molecule has 1 fully saturated rings. The monoisotopic (exact) mass is 394 g/mol. The molecule has 0 N–H and O–H groups in total. The Balaban J connectivity index is 2.11. The Kier molecular flexibility index (Phi) is 5.35. The molecule has 2 aliphatic carbocycles. The van der Waals surface area contributed by atoms with E-state index in [2.05, 4.69) is 63.5 Å². The Labute approximate surface area is 175 Å². The van der Waals surface area contributed by atoms with Crippen LogP contribution in [0, 0.1) is 6.92 Å². The molecule has 2 aliphatic rings. The van der Waals surface area contributed by atoms with Gasteiger partial charge in [0.2, 0.25) is 0 Å². The van der Waals surface area contributed by atoms with Crippen molar-refractivity contribution >= 4 is 18.5 Å². The molecule has 0 spiro atoms. The number of esters is 1. The highest BCUT2D eigenvalue weighted by molar-refractivity contribution is 5.99. The second-order valence-corrected chi connectivity index (χ2v) is 9.98. The van der Waals surface area contributed by atoms with Crippen LogP contribution < -0.4 is 0 Å². The van der Waals surface area contributed by atoms with E-state index in [0.29, 0.717) is 11.4 Å². The molecule has 0 aliphatic heterocycles. The normalized spacial score (nSPS) is 21.9. The third kappa shape index (κ3) is 3.70. The van der Waals surface area contributed by atoms with E-state index in [0.717, 1.165) is 12.8 Å². The number of ether oxygens (including phenoxy) is 1. The van der Waals surface area contributed by atoms with E-state index >= 15 is 0 Å². The van der Waals surface area contributed by atoms with Gasteiger partial charge in [0, 0.05) is 6.20 Å². The number of amidine groups is 1. The summed E-state index contributed by atoms with van der Waals surface area (Å²) in [4.78, 5) is 20.5. The SMILES string of the molecule is C=N/C(=N\C=C(/C)C(=O)OC)C1(c2cc3c(cc2C)C(C)(C)CCC3(C)C)CC1. The van der Waals surface area contributed by atoms with Crippen LogP contribution in [0.3, 0.4) is 0 Å². The van der Waals surface area contributed by atoms with Gasteiger partial charge >= 0.3 is 5.97 Å². The lowest BCUT2D eigenvalue weighted by molar-refractivity contribution is -0.136. The van der Waals surface area contributed by atoms with E-state index in [1.165, 1.54) is 42.2 Å². The largest absolute Gasteiger partial charge is 0.466 e. The first-order valence-electron chi connectivity index (χ1n) is 10.4. The molecule has 0 saturated heterocycles. The molecule has 1 aromatic carbocycles. The fourth-order valence-corrected chi connectivity index (χ4v) is 4.66. The number of carbonyl (C=O) groups excluding carboxylic acids is 1. The standard InChI is InChI=1S/C25H34N2O2/c1-16-13-19-20(24(5,6)10-9-23(19,3)4)14-18(16)25(11-12-25)22(26-7)27-15-17(2)21(28)29-8/h13-15H,7,9-12H2,1-6,8H3/b17-15+,27-22-. The van der Waals surface area contributed by atoms with Crippen LogP contribution in [0.15, 0.2) is 33.9 Å². The third-order valence-electron chi connectivity index (χ3n) is 6.93. The molecule has 4 nitrogen and oxygen atoms in total. The number of benzene rings is 1. The quantitative estimate of drug-likeness (QED) is 0.291. The van der Waals surface area contributed by atoms with E-state index in [-0.39, 0.29) is 22.2 Å². The zero-order valence-corrected chi connectivity index (χ0v) is 19.0. The van der Waals surface area contributed by atoms with Gasteiger partial charge in [-0.15, -0.1) is 0 Å². The zero-order chi connectivity index (χ0) is 21.6. The highest BCUT2D eigenvalue weighted by Gasteiger charge is 2.51. The summed E-state index contributed by atoms with van der Waals surface area (Å²) < 4.78 is 4.76. The molecule has 4 heteroatoms. The molecule has 1 saturated carbocycles. The molecule has 0 unspecified atom stereocenters. The number of hydrogen-bond acceptors (Lipinski definition) is 3. The van der Waals surface area contributed by atoms with E-state index in [1.54, 1.807) is 13.1 Å². The lowest BCUT2D eigenvalue weighted by Gasteiger charge is -2.42. The molecular weight excluding hydrogens is 360 g/mol. The van der Waals surface area contributed by atoms with Crippen LogP contribution in [0.25, 0.3) is 0 Å². The van der Waals surface area contributed by atoms with Gasteiger partial charge in [0.1, 0.15) is 5.84 Å². The predicted octanol–water partition coefficient (Wildman–Crippen LogP) is 5.55. The lowest BCUT2D eigenvalue weighted by atomic mass is 9.62. The first-order valence-corrected chi connectivity index (χ1v) is 10.4. The minimum Gasteiger partial charge on any atom is -0.466 e. The number of methoxy groups -OCH3 is 1. The van der Waals surface area contributed by atoms with Crippen molar-refractivity contribution in [1.82, 2.24) is 0 Å². The maximum Gasteiger partial charge on any atom is 0.334 e. The van der Waals surface area contributed by atoms with Crippen molar-refractivity contribution in [2.75, 3.05) is 7.11 Å². The van der Waals surface area contributed by atoms with Crippen molar-refractivity contribution in [3.05, 3.63) is 46.2 Å². The summed E-state index contributed by atoms with van der Waals surface area (Å²) in [7, 11) is 1.37. The van der Waals surface area contributed by atoms with Crippen LogP contribution in [0.5, 0.6) is 0 Å². The minimum atomic E-state index is -0.379. The average Bonchev–Trinajstić information content (AvgIpc) is 3.46. The van der Waals surface area contributed by atoms with Crippen molar-refractivity contribution in [1.29, 1.82) is 0 Å². The Hall–Kier alpha value is -2.23. The van der Waals surface area contributed by atoms with Crippen LogP contribution in [0.4, 0.5) is 0 Å². The van der Waals surface area contributed by atoms with Gasteiger partial charge in [0.15, 0.2) is 0 Å². The Morgan fingerprint density at radius 2 is 1.59 bits per heavy atom. The molecule has 0 amide bonds. The summed E-state index contributed by atoms with van der Waals surface area (Å²) in [5, 5.41) is 0. The number of rotatable bonds is 4. The second-order valence-electron chi connectivity index (χ2n) is 9.98. The van der Waals surface area contributed by atoms with Gasteiger partial charge < -0.3 is 4.74 Å². The summed E-state index contributed by atoms with van der Waals surface area (Å²) in [5.41, 5.74) is 6.11. The van der Waals surface area contributed by atoms with Gasteiger partial charge in [-0.05, 0) is 79.3 Å². The minimum absolute atomic E-state index is 0.156. The molecule has 156 valence electrons. The second kappa shape index (κ2) is 7.23. The number of aryl methyl sites for hydroxylation is 1. The number of hydrogen-bond donors (Lipinski definition) is 0. The van der Waals surface area contributed by atoms with Crippen molar-refractivity contribution in [2.24, 2.45) is 9.98 Å². The number of nitrogens with zero attached hydrogens (tertiary/aromatic N) is 2. The summed E-state index contributed by atoms with van der Waals surface area (Å²) >= 11 is 0. The van der Waals surface area contributed by atoms with E-state index < -0.39 is 0 Å². The van der Waals surface area contributed by atoms with Gasteiger partial charge in [-0.25, -0.2) is 14.8 Å². The molecule has 0 atom stereocenters. The fraction of sp³-hybridized carbons (Fsp3) is 0.560. The van der Waals surface area contributed by atoms with E-state index in [4.69, 9.17) is 4.74 Å². The smallest absolute Gasteiger partial charge is 0.334 e. The van der Waals surface area contributed by atoms with E-state index in [1.807, 2.05) is 0 Å². The summed E-state index contributed by atoms with van der Waals surface area (Å²) in [5.74, 6) is 0.313. The van der Waals surface area contributed by atoms with Gasteiger partial charge in [-0.1, -0.05) is 39.8 Å². The Morgan fingerprint density at radius 1 is 1.03 bits per heavy atom. The highest BCUT2D eigenvalue weighted by atomic mass is 16.5. The van der Waals surface area contributed by atoms with E-state index in [9.17, 15) is 4.79 Å². The van der Waals surface area contributed by atoms with Crippen molar-refractivity contribution in [3.8, 4) is 0 Å². The lowest BCUT2D eigenvalue weighted by Crippen LogP contribution is -2.35. The molecule has 0 bridgehead atoms. The summed E-state index contributed by atoms with van der Waals surface area (Å²) in [6.45, 7) is 17.1. The van der Waals surface area contributed by atoms with Crippen molar-refractivity contribution < 1.29 is 9.53 Å². The maximum absolute atomic E-state index is 11.7. The highest BCUT2D eigenvalue weighted by Crippen LogP contribution is 2.54. The first kappa shape index (κ1) is 21.5. The summed E-state index contributed by atoms with van der Waals surface area (Å²) in [6.07, 6.45) is 5.94. The first-order chi connectivity index (χ1) is 13.5. The van der Waals surface area contributed by atoms with Gasteiger partial charge in [0.25, 0.3) is 0 Å². The van der Waals surface area contributed by atoms with Crippen LogP contribution in [-0.4, -0.2) is 25.6 Å². The van der Waals surface area contributed by atoms with Crippen LogP contribution >= 0.6 is 0 Å². The van der Waals surface area contributed by atoms with Crippen LogP contribution in [-0.2, 0) is 25.8 Å². The van der Waals surface area contributed by atoms with Crippen molar-refractivity contribution in [3.63, 3.8) is 0 Å². The van der Waals surface area contributed by atoms with Crippen LogP contribution in [0.2, 0.25) is 0 Å². The number of aliphatic imine (C=N–C) groups is 2. The summed E-state index contributed by atoms with van der Waals surface area (Å²) in [6, 6.07) is 4.80. The molecule has 3 rings (SSSR count). The molecular formula is C25H34N2O2. The molecule has 0 heterocycles. The van der Waals surface area contributed by atoms with Crippen molar-refractivity contribution in [2.45, 2.75) is 83.5 Å². The molecule has 29 heavy (non-hydrogen) atoms. The predicted molar refractivity (Wildman–Crippen MR) is 120 cm³/mol. The Bertz CT molecular complexity index is 915. The van der Waals surface area contributed by atoms with Gasteiger partial charge in [-0.3, -0.25) is 0 Å². The number of carbonyl (C=O) groups is 1. The molecule has 1 aromatic rings.